The molecule has 0 saturated carbocycles. The Balaban J connectivity index is 1.90. The van der Waals surface area contributed by atoms with Crippen LogP contribution in [0.15, 0.2) is 24.3 Å². The maximum Gasteiger partial charge on any atom is 0.335 e. The predicted molar refractivity (Wildman–Crippen MR) is 78.6 cm³/mol. The van der Waals surface area contributed by atoms with Gasteiger partial charge in [0.15, 0.2) is 0 Å². The van der Waals surface area contributed by atoms with Crippen molar-refractivity contribution in [2.45, 2.75) is 25.1 Å². The number of amides is 2. The molecule has 0 bridgehead atoms. The summed E-state index contributed by atoms with van der Waals surface area (Å²) in [5.41, 5.74) is 1.01. The standard InChI is InChI=1S/C15H20N2O5/c1-22-13-6-12(9-18)17(8-13)15(21)16-7-10-2-4-11(5-3-10)14(19)20/h2-5,12-13,18H,6-9H2,1H3,(H,16,21)(H,19,20)/t12-,13+/m0/s1. The van der Waals surface area contributed by atoms with Crippen molar-refractivity contribution in [2.75, 3.05) is 20.3 Å². The van der Waals surface area contributed by atoms with Crippen molar-refractivity contribution in [3.63, 3.8) is 0 Å². The van der Waals surface area contributed by atoms with Crippen molar-refractivity contribution >= 4 is 12.0 Å². The zero-order chi connectivity index (χ0) is 16.1. The molecule has 0 aliphatic carbocycles. The van der Waals surface area contributed by atoms with E-state index in [1.165, 1.54) is 12.1 Å². The van der Waals surface area contributed by atoms with E-state index >= 15 is 0 Å². The van der Waals surface area contributed by atoms with Gasteiger partial charge < -0.3 is 25.2 Å². The van der Waals surface area contributed by atoms with Gasteiger partial charge in [-0.1, -0.05) is 12.1 Å². The van der Waals surface area contributed by atoms with Crippen LogP contribution in [-0.2, 0) is 11.3 Å². The van der Waals surface area contributed by atoms with E-state index in [2.05, 4.69) is 5.32 Å². The first-order valence-corrected chi connectivity index (χ1v) is 7.05. The van der Waals surface area contributed by atoms with Crippen LogP contribution in [0.4, 0.5) is 4.79 Å². The first-order valence-electron chi connectivity index (χ1n) is 7.05. The Morgan fingerprint density at radius 2 is 2.05 bits per heavy atom. The Morgan fingerprint density at radius 3 is 2.59 bits per heavy atom. The average Bonchev–Trinajstić information content (AvgIpc) is 2.96. The number of aromatic carboxylic acids is 1. The summed E-state index contributed by atoms with van der Waals surface area (Å²) < 4.78 is 5.23. The minimum atomic E-state index is -0.982. The van der Waals surface area contributed by atoms with Gasteiger partial charge in [0.2, 0.25) is 0 Å². The number of hydrogen-bond acceptors (Lipinski definition) is 4. The number of nitrogens with one attached hydrogen (secondary N) is 1. The third-order valence-corrected chi connectivity index (χ3v) is 3.83. The van der Waals surface area contributed by atoms with Crippen LogP contribution in [0.25, 0.3) is 0 Å². The smallest absolute Gasteiger partial charge is 0.335 e. The van der Waals surface area contributed by atoms with Gasteiger partial charge in [-0.3, -0.25) is 0 Å². The van der Waals surface area contributed by atoms with Gasteiger partial charge in [0.25, 0.3) is 0 Å². The van der Waals surface area contributed by atoms with Crippen LogP contribution in [0.1, 0.15) is 22.3 Å². The molecule has 1 saturated heterocycles. The highest BCUT2D eigenvalue weighted by atomic mass is 16.5. The molecule has 1 aromatic rings. The highest BCUT2D eigenvalue weighted by Crippen LogP contribution is 2.19. The molecule has 1 heterocycles. The summed E-state index contributed by atoms with van der Waals surface area (Å²) in [6.45, 7) is 0.650. The van der Waals surface area contributed by atoms with Crippen LogP contribution in [0.5, 0.6) is 0 Å². The van der Waals surface area contributed by atoms with Crippen LogP contribution in [0, 0.1) is 0 Å². The zero-order valence-corrected chi connectivity index (χ0v) is 12.4. The Kier molecular flexibility index (Phi) is 5.35. The number of hydrogen-bond donors (Lipinski definition) is 3. The molecule has 3 N–H and O–H groups in total. The van der Waals surface area contributed by atoms with E-state index in [0.29, 0.717) is 19.5 Å². The van der Waals surface area contributed by atoms with Crippen LogP contribution in [0.3, 0.4) is 0 Å². The molecule has 1 aliphatic heterocycles. The molecule has 1 fully saturated rings. The SMILES string of the molecule is CO[C@@H]1C[C@@H](CO)N(C(=O)NCc2ccc(C(=O)O)cc2)C1. The number of ether oxygens (including phenoxy) is 1. The van der Waals surface area contributed by atoms with Crippen LogP contribution in [0.2, 0.25) is 0 Å². The fourth-order valence-electron chi connectivity index (χ4n) is 2.51. The number of benzene rings is 1. The molecule has 0 radical (unpaired) electrons. The fourth-order valence-corrected chi connectivity index (χ4v) is 2.51. The van der Waals surface area contributed by atoms with Gasteiger partial charge in [-0.05, 0) is 24.1 Å². The van der Waals surface area contributed by atoms with E-state index in [1.54, 1.807) is 24.1 Å². The van der Waals surface area contributed by atoms with Crippen LogP contribution in [-0.4, -0.2) is 59.5 Å². The summed E-state index contributed by atoms with van der Waals surface area (Å²) in [4.78, 5) is 24.5. The van der Waals surface area contributed by atoms with Crippen molar-refractivity contribution in [3.05, 3.63) is 35.4 Å². The minimum Gasteiger partial charge on any atom is -0.478 e. The first-order chi connectivity index (χ1) is 10.5. The maximum absolute atomic E-state index is 12.2. The van der Waals surface area contributed by atoms with Gasteiger partial charge in [0, 0.05) is 20.2 Å². The molecule has 1 aromatic carbocycles. The van der Waals surface area contributed by atoms with E-state index in [1.807, 2.05) is 0 Å². The molecule has 1 aliphatic rings. The Labute approximate surface area is 128 Å². The number of nitrogens with zero attached hydrogens (tertiary/aromatic N) is 1. The van der Waals surface area contributed by atoms with Crippen molar-refractivity contribution in [1.29, 1.82) is 0 Å². The third kappa shape index (κ3) is 3.75. The number of rotatable bonds is 5. The molecule has 22 heavy (non-hydrogen) atoms. The number of methoxy groups -OCH3 is 1. The molecular weight excluding hydrogens is 288 g/mol. The van der Waals surface area contributed by atoms with Gasteiger partial charge in [0.05, 0.1) is 24.3 Å². The number of likely N-dealkylation sites (tertiary alicyclic amines) is 1. The summed E-state index contributed by atoms with van der Waals surface area (Å²) in [5, 5.41) is 20.9. The number of carboxylic acids is 1. The second-order valence-corrected chi connectivity index (χ2v) is 5.24. The molecule has 2 rings (SSSR count). The summed E-state index contributed by atoms with van der Waals surface area (Å²) in [5.74, 6) is -0.982. The number of aliphatic hydroxyl groups excluding tert-OH is 1. The highest BCUT2D eigenvalue weighted by Gasteiger charge is 2.34. The van der Waals surface area contributed by atoms with Crippen LogP contribution >= 0.6 is 0 Å². The normalized spacial score (nSPS) is 20.9. The molecule has 2 atom stereocenters. The second-order valence-electron chi connectivity index (χ2n) is 5.24. The second kappa shape index (κ2) is 7.24. The highest BCUT2D eigenvalue weighted by molar-refractivity contribution is 5.87. The number of carbonyl (C=O) groups excluding carboxylic acids is 1. The fraction of sp³-hybridized carbons (Fsp3) is 0.467. The number of carboxylic acid groups (broad SMARTS) is 1. The zero-order valence-electron chi connectivity index (χ0n) is 12.4. The van der Waals surface area contributed by atoms with E-state index in [9.17, 15) is 14.7 Å². The lowest BCUT2D eigenvalue weighted by molar-refractivity contribution is 0.0697. The summed E-state index contributed by atoms with van der Waals surface area (Å²) >= 11 is 0. The summed E-state index contributed by atoms with van der Waals surface area (Å²) in [6, 6.07) is 5.82. The lowest BCUT2D eigenvalue weighted by atomic mass is 10.1. The molecule has 120 valence electrons. The Bertz CT molecular complexity index is 531. The van der Waals surface area contributed by atoms with Crippen molar-refractivity contribution in [1.82, 2.24) is 10.2 Å². The van der Waals surface area contributed by atoms with Gasteiger partial charge in [-0.15, -0.1) is 0 Å². The lowest BCUT2D eigenvalue weighted by Crippen LogP contribution is -2.44. The average molecular weight is 308 g/mol. The quantitative estimate of drug-likeness (QED) is 0.743. The van der Waals surface area contributed by atoms with E-state index in [4.69, 9.17) is 9.84 Å². The van der Waals surface area contributed by atoms with Crippen molar-refractivity contribution in [2.24, 2.45) is 0 Å². The molecule has 2 amide bonds. The maximum atomic E-state index is 12.2. The Morgan fingerprint density at radius 1 is 1.36 bits per heavy atom. The molecule has 0 spiro atoms. The third-order valence-electron chi connectivity index (χ3n) is 3.83. The molecule has 0 unspecified atom stereocenters. The first kappa shape index (κ1) is 16.3. The van der Waals surface area contributed by atoms with Gasteiger partial charge in [-0.2, -0.15) is 0 Å². The summed E-state index contributed by atoms with van der Waals surface area (Å²) in [6.07, 6.45) is 0.561. The number of carbonyl (C=O) groups is 2. The van der Waals surface area contributed by atoms with Crippen molar-refractivity contribution < 1.29 is 24.5 Å². The number of urea groups is 1. The van der Waals surface area contributed by atoms with Gasteiger partial charge in [0.1, 0.15) is 0 Å². The van der Waals surface area contributed by atoms with E-state index < -0.39 is 5.97 Å². The lowest BCUT2D eigenvalue weighted by Gasteiger charge is -2.23. The predicted octanol–water partition coefficient (Wildman–Crippen LogP) is 0.676. The monoisotopic (exact) mass is 308 g/mol. The van der Waals surface area contributed by atoms with Crippen molar-refractivity contribution in [3.8, 4) is 0 Å². The Hall–Kier alpha value is -2.12. The number of aliphatic hydroxyl groups is 1. The van der Waals surface area contributed by atoms with Gasteiger partial charge >= 0.3 is 12.0 Å². The molecular formula is C15H20N2O5. The largest absolute Gasteiger partial charge is 0.478 e. The van der Waals surface area contributed by atoms with Gasteiger partial charge in [-0.25, -0.2) is 9.59 Å². The molecule has 7 nitrogen and oxygen atoms in total. The minimum absolute atomic E-state index is 0.0576. The van der Waals surface area contributed by atoms with E-state index in [0.717, 1.165) is 5.56 Å². The topological polar surface area (TPSA) is 99.1 Å². The van der Waals surface area contributed by atoms with E-state index in [-0.39, 0.29) is 30.3 Å². The van der Waals surface area contributed by atoms with Crippen LogP contribution < -0.4 is 5.32 Å². The molecule has 7 heteroatoms. The summed E-state index contributed by atoms with van der Waals surface area (Å²) in [7, 11) is 1.59. The molecule has 0 aromatic heterocycles.